The van der Waals surface area contributed by atoms with Crippen LogP contribution in [0.4, 0.5) is 10.5 Å². The molecule has 0 aliphatic carbocycles. The summed E-state index contributed by atoms with van der Waals surface area (Å²) in [6, 6.07) is 16.2. The van der Waals surface area contributed by atoms with E-state index in [1.807, 2.05) is 43.9 Å². The van der Waals surface area contributed by atoms with Gasteiger partial charge in [0, 0.05) is 51.0 Å². The van der Waals surface area contributed by atoms with Gasteiger partial charge in [-0.05, 0) is 64.3 Å². The summed E-state index contributed by atoms with van der Waals surface area (Å²) in [4.78, 5) is 37.0. The maximum atomic E-state index is 13.5. The van der Waals surface area contributed by atoms with Crippen molar-refractivity contribution < 1.29 is 14.3 Å². The second-order valence-electron chi connectivity index (χ2n) is 11.0. The van der Waals surface area contributed by atoms with Gasteiger partial charge < -0.3 is 19.1 Å². The molecule has 3 heterocycles. The Kier molecular flexibility index (Phi) is 6.84. The van der Waals surface area contributed by atoms with Crippen molar-refractivity contribution in [1.29, 1.82) is 0 Å². The average molecular weight is 504 g/mol. The summed E-state index contributed by atoms with van der Waals surface area (Å²) in [5, 5.41) is 0. The molecule has 2 aliphatic heterocycles. The highest BCUT2D eigenvalue weighted by atomic mass is 16.6. The Morgan fingerprint density at radius 2 is 1.76 bits per heavy atom. The fourth-order valence-corrected chi connectivity index (χ4v) is 5.41. The smallest absolute Gasteiger partial charge is 0.410 e. The van der Waals surface area contributed by atoms with Crippen molar-refractivity contribution in [3.05, 3.63) is 48.5 Å². The van der Waals surface area contributed by atoms with Gasteiger partial charge in [-0.1, -0.05) is 24.3 Å². The molecule has 0 bridgehead atoms. The molecule has 0 N–H and O–H groups in total. The number of likely N-dealkylation sites (tertiary alicyclic amines) is 1. The lowest BCUT2D eigenvalue weighted by Gasteiger charge is -2.31. The van der Waals surface area contributed by atoms with Crippen LogP contribution in [0.2, 0.25) is 0 Å². The Bertz CT molecular complexity index is 1290. The third-order valence-electron chi connectivity index (χ3n) is 7.23. The molecule has 5 rings (SSSR count). The normalized spacial score (nSPS) is 18.8. The third-order valence-corrected chi connectivity index (χ3v) is 7.23. The zero-order valence-electron chi connectivity index (χ0n) is 22.3. The van der Waals surface area contributed by atoms with Gasteiger partial charge in [-0.15, -0.1) is 0 Å². The molecule has 2 fully saturated rings. The van der Waals surface area contributed by atoms with Crippen LogP contribution < -0.4 is 4.90 Å². The van der Waals surface area contributed by atoms with Crippen molar-refractivity contribution in [2.45, 2.75) is 51.7 Å². The van der Waals surface area contributed by atoms with Gasteiger partial charge in [0.25, 0.3) is 0 Å². The Morgan fingerprint density at radius 3 is 2.54 bits per heavy atom. The SMILES string of the molecule is Cn1c(-c2cccc(N3CCCN(C(=O)[C@@H]4CCCN4C(=O)OC(C)(C)C)CC3)c2)nc2ccccc21. The Labute approximate surface area is 218 Å². The molecule has 37 heavy (non-hydrogen) atoms. The molecule has 2 amide bonds. The summed E-state index contributed by atoms with van der Waals surface area (Å²) in [6.07, 6.45) is 2.00. The van der Waals surface area contributed by atoms with E-state index in [-0.39, 0.29) is 5.91 Å². The highest BCUT2D eigenvalue weighted by Crippen LogP contribution is 2.28. The van der Waals surface area contributed by atoms with Crippen LogP contribution in [0.3, 0.4) is 0 Å². The van der Waals surface area contributed by atoms with Crippen molar-refractivity contribution in [3.63, 3.8) is 0 Å². The molecule has 8 heteroatoms. The van der Waals surface area contributed by atoms with Gasteiger partial charge in [-0.2, -0.15) is 0 Å². The quantitative estimate of drug-likeness (QED) is 0.519. The lowest BCUT2D eigenvalue weighted by Crippen LogP contribution is -2.49. The van der Waals surface area contributed by atoms with E-state index >= 15 is 0 Å². The van der Waals surface area contributed by atoms with E-state index in [1.54, 1.807) is 4.90 Å². The molecule has 2 saturated heterocycles. The first-order valence-electron chi connectivity index (χ1n) is 13.3. The molecule has 2 aliphatic rings. The fourth-order valence-electron chi connectivity index (χ4n) is 5.41. The number of para-hydroxylation sites is 2. The number of ether oxygens (including phenoxy) is 1. The van der Waals surface area contributed by atoms with Crippen molar-refractivity contribution in [2.24, 2.45) is 7.05 Å². The lowest BCUT2D eigenvalue weighted by molar-refractivity contribution is -0.135. The Hall–Kier alpha value is -3.55. The summed E-state index contributed by atoms with van der Waals surface area (Å²) in [7, 11) is 2.05. The standard InChI is InChI=1S/C29H37N5O3/c1-29(2,3)37-28(36)34-17-8-14-25(34)27(35)33-16-9-15-32(18-19-33)22-11-7-10-21(20-22)26-30-23-12-5-6-13-24(23)31(26)4/h5-7,10-13,20,25H,8-9,14-19H2,1-4H3/t25-/m0/s1. The van der Waals surface area contributed by atoms with E-state index < -0.39 is 17.7 Å². The predicted octanol–water partition coefficient (Wildman–Crippen LogP) is 4.68. The summed E-state index contributed by atoms with van der Waals surface area (Å²) in [5.41, 5.74) is 3.73. The fraction of sp³-hybridized carbons (Fsp3) is 0.483. The molecule has 1 aromatic heterocycles. The van der Waals surface area contributed by atoms with Crippen LogP contribution >= 0.6 is 0 Å². The Balaban J connectivity index is 1.28. The maximum Gasteiger partial charge on any atom is 0.410 e. The van der Waals surface area contributed by atoms with Crippen molar-refractivity contribution in [2.75, 3.05) is 37.6 Å². The molecule has 196 valence electrons. The van der Waals surface area contributed by atoms with Gasteiger partial charge in [0.05, 0.1) is 11.0 Å². The van der Waals surface area contributed by atoms with Crippen molar-refractivity contribution in [1.82, 2.24) is 19.4 Å². The number of amides is 2. The molecule has 0 spiro atoms. The van der Waals surface area contributed by atoms with Gasteiger partial charge in [-0.3, -0.25) is 9.69 Å². The van der Waals surface area contributed by atoms with Crippen LogP contribution in [0.25, 0.3) is 22.4 Å². The molecule has 0 radical (unpaired) electrons. The zero-order chi connectivity index (χ0) is 26.2. The molecule has 1 atom stereocenters. The number of carbonyl (C=O) groups excluding carboxylic acids is 2. The predicted molar refractivity (Wildman–Crippen MR) is 146 cm³/mol. The Morgan fingerprint density at radius 1 is 0.946 bits per heavy atom. The zero-order valence-corrected chi connectivity index (χ0v) is 22.3. The molecular formula is C29H37N5O3. The number of benzene rings is 2. The minimum absolute atomic E-state index is 0.0404. The summed E-state index contributed by atoms with van der Waals surface area (Å²) < 4.78 is 7.70. The van der Waals surface area contributed by atoms with Crippen LogP contribution in [-0.4, -0.2) is 75.7 Å². The van der Waals surface area contributed by atoms with Crippen LogP contribution in [0.15, 0.2) is 48.5 Å². The lowest BCUT2D eigenvalue weighted by atomic mass is 10.1. The van der Waals surface area contributed by atoms with Crippen molar-refractivity contribution in [3.8, 4) is 11.4 Å². The van der Waals surface area contributed by atoms with Gasteiger partial charge in [0.15, 0.2) is 0 Å². The molecule has 3 aromatic rings. The number of aromatic nitrogens is 2. The van der Waals surface area contributed by atoms with Gasteiger partial charge in [0.1, 0.15) is 17.5 Å². The van der Waals surface area contributed by atoms with E-state index in [0.29, 0.717) is 26.1 Å². The molecular weight excluding hydrogens is 466 g/mol. The highest BCUT2D eigenvalue weighted by molar-refractivity contribution is 5.86. The number of imidazole rings is 1. The number of fused-ring (bicyclic) bond motifs is 1. The van der Waals surface area contributed by atoms with Gasteiger partial charge in [-0.25, -0.2) is 9.78 Å². The number of aryl methyl sites for hydroxylation is 1. The van der Waals surface area contributed by atoms with E-state index in [9.17, 15) is 9.59 Å². The van der Waals surface area contributed by atoms with Crippen molar-refractivity contribution >= 4 is 28.7 Å². The average Bonchev–Trinajstić information content (AvgIpc) is 3.40. The summed E-state index contributed by atoms with van der Waals surface area (Å²) in [5.74, 6) is 0.983. The highest BCUT2D eigenvalue weighted by Gasteiger charge is 2.39. The monoisotopic (exact) mass is 503 g/mol. The minimum Gasteiger partial charge on any atom is -0.444 e. The van der Waals surface area contributed by atoms with Crippen LogP contribution in [0, 0.1) is 0 Å². The number of carbonyl (C=O) groups is 2. The van der Waals surface area contributed by atoms with Crippen LogP contribution in [-0.2, 0) is 16.6 Å². The number of hydrogen-bond acceptors (Lipinski definition) is 5. The van der Waals surface area contributed by atoms with E-state index in [0.717, 1.165) is 54.0 Å². The number of nitrogens with zero attached hydrogens (tertiary/aromatic N) is 5. The first-order chi connectivity index (χ1) is 17.7. The molecule has 0 saturated carbocycles. The molecule has 8 nitrogen and oxygen atoms in total. The maximum absolute atomic E-state index is 13.5. The van der Waals surface area contributed by atoms with E-state index in [2.05, 4.69) is 46.8 Å². The van der Waals surface area contributed by atoms with E-state index in [4.69, 9.17) is 9.72 Å². The molecule has 2 aromatic carbocycles. The summed E-state index contributed by atoms with van der Waals surface area (Å²) in [6.45, 7) is 9.07. The van der Waals surface area contributed by atoms with Gasteiger partial charge >= 0.3 is 6.09 Å². The van der Waals surface area contributed by atoms with Crippen LogP contribution in [0.1, 0.15) is 40.0 Å². The molecule has 0 unspecified atom stereocenters. The first-order valence-corrected chi connectivity index (χ1v) is 13.3. The number of hydrogen-bond donors (Lipinski definition) is 0. The van der Waals surface area contributed by atoms with E-state index in [1.165, 1.54) is 0 Å². The second-order valence-corrected chi connectivity index (χ2v) is 11.0. The number of rotatable bonds is 3. The largest absolute Gasteiger partial charge is 0.444 e. The second kappa shape index (κ2) is 10.1. The van der Waals surface area contributed by atoms with Crippen LogP contribution in [0.5, 0.6) is 0 Å². The third kappa shape index (κ3) is 5.29. The first kappa shape index (κ1) is 25.1. The topological polar surface area (TPSA) is 70.9 Å². The minimum atomic E-state index is -0.577. The van der Waals surface area contributed by atoms with Gasteiger partial charge in [0.2, 0.25) is 5.91 Å². The summed E-state index contributed by atoms with van der Waals surface area (Å²) >= 11 is 0. The number of anilines is 1.